The molecule has 5 nitrogen and oxygen atoms in total. The first-order valence-corrected chi connectivity index (χ1v) is 10.1. The highest BCUT2D eigenvalue weighted by atomic mass is 16.1. The lowest BCUT2D eigenvalue weighted by Gasteiger charge is -2.22. The van der Waals surface area contributed by atoms with Crippen LogP contribution in [0.4, 0.5) is 17.2 Å². The van der Waals surface area contributed by atoms with Crippen LogP contribution in [0.3, 0.4) is 0 Å². The maximum atomic E-state index is 12.6. The predicted molar refractivity (Wildman–Crippen MR) is 113 cm³/mol. The third kappa shape index (κ3) is 4.18. The lowest BCUT2D eigenvalue weighted by Crippen LogP contribution is -2.25. The SMILES string of the molecule is O=C1Nc2cccnc2N(CC#CCNCC2CCCCC2)c2ccccc21. The topological polar surface area (TPSA) is 57.3 Å². The zero-order chi connectivity index (χ0) is 19.2. The number of hydrogen-bond acceptors (Lipinski definition) is 4. The summed E-state index contributed by atoms with van der Waals surface area (Å²) in [4.78, 5) is 19.1. The number of fused-ring (bicyclic) bond motifs is 2. The molecule has 0 unspecified atom stereocenters. The Morgan fingerprint density at radius 1 is 1.11 bits per heavy atom. The summed E-state index contributed by atoms with van der Waals surface area (Å²) in [5, 5.41) is 6.43. The van der Waals surface area contributed by atoms with Crippen molar-refractivity contribution in [3.8, 4) is 11.8 Å². The number of pyridine rings is 1. The number of nitrogens with zero attached hydrogens (tertiary/aromatic N) is 2. The second-order valence-electron chi connectivity index (χ2n) is 7.42. The molecule has 28 heavy (non-hydrogen) atoms. The number of benzene rings is 1. The molecule has 0 atom stereocenters. The van der Waals surface area contributed by atoms with Crippen molar-refractivity contribution in [3.63, 3.8) is 0 Å². The third-order valence-electron chi connectivity index (χ3n) is 5.46. The minimum absolute atomic E-state index is 0.116. The Kier molecular flexibility index (Phi) is 5.89. The van der Waals surface area contributed by atoms with Crippen LogP contribution in [0.5, 0.6) is 0 Å². The first-order valence-electron chi connectivity index (χ1n) is 10.1. The van der Waals surface area contributed by atoms with Crippen molar-refractivity contribution in [1.82, 2.24) is 10.3 Å². The molecule has 2 N–H and O–H groups in total. The molecular weight excluding hydrogens is 348 g/mol. The number of nitrogens with one attached hydrogen (secondary N) is 2. The van der Waals surface area contributed by atoms with E-state index in [0.717, 1.165) is 24.0 Å². The largest absolute Gasteiger partial charge is 0.319 e. The fraction of sp³-hybridized carbons (Fsp3) is 0.391. The van der Waals surface area contributed by atoms with Crippen LogP contribution >= 0.6 is 0 Å². The van der Waals surface area contributed by atoms with Gasteiger partial charge in [-0.15, -0.1) is 0 Å². The van der Waals surface area contributed by atoms with E-state index in [1.807, 2.05) is 41.3 Å². The van der Waals surface area contributed by atoms with Crippen LogP contribution in [-0.4, -0.2) is 30.5 Å². The Hall–Kier alpha value is -2.84. The van der Waals surface area contributed by atoms with Gasteiger partial charge in [-0.2, -0.15) is 0 Å². The average Bonchev–Trinajstić information content (AvgIpc) is 2.86. The summed E-state index contributed by atoms with van der Waals surface area (Å²) >= 11 is 0. The molecule has 2 heterocycles. The molecule has 4 rings (SSSR count). The number of para-hydroxylation sites is 1. The van der Waals surface area contributed by atoms with E-state index in [1.54, 1.807) is 6.20 Å². The molecule has 1 fully saturated rings. The molecule has 0 saturated heterocycles. The highest BCUT2D eigenvalue weighted by molar-refractivity contribution is 6.12. The van der Waals surface area contributed by atoms with Crippen LogP contribution in [0, 0.1) is 17.8 Å². The van der Waals surface area contributed by atoms with Crippen molar-refractivity contribution in [2.45, 2.75) is 32.1 Å². The number of carbonyl (C=O) groups excluding carboxylic acids is 1. The second-order valence-corrected chi connectivity index (χ2v) is 7.42. The van der Waals surface area contributed by atoms with Gasteiger partial charge in [-0.1, -0.05) is 43.2 Å². The highest BCUT2D eigenvalue weighted by Crippen LogP contribution is 2.35. The van der Waals surface area contributed by atoms with Crippen molar-refractivity contribution in [3.05, 3.63) is 48.2 Å². The molecule has 1 aromatic heterocycles. The Labute approximate surface area is 166 Å². The van der Waals surface area contributed by atoms with Gasteiger partial charge >= 0.3 is 0 Å². The predicted octanol–water partition coefficient (Wildman–Crippen LogP) is 3.96. The normalized spacial score (nSPS) is 16.3. The van der Waals surface area contributed by atoms with Crippen LogP contribution < -0.4 is 15.5 Å². The summed E-state index contributed by atoms with van der Waals surface area (Å²) in [5.41, 5.74) is 2.18. The van der Waals surface area contributed by atoms with Gasteiger partial charge in [0.15, 0.2) is 5.82 Å². The Bertz CT molecular complexity index is 893. The lowest BCUT2D eigenvalue weighted by atomic mass is 9.89. The molecule has 1 amide bonds. The van der Waals surface area contributed by atoms with Crippen LogP contribution in [0.15, 0.2) is 42.6 Å². The maximum absolute atomic E-state index is 12.6. The summed E-state index contributed by atoms with van der Waals surface area (Å²) < 4.78 is 0. The molecule has 1 saturated carbocycles. The van der Waals surface area contributed by atoms with Gasteiger partial charge in [-0.3, -0.25) is 4.79 Å². The molecule has 1 aromatic carbocycles. The van der Waals surface area contributed by atoms with Crippen LogP contribution in [0.25, 0.3) is 0 Å². The highest BCUT2D eigenvalue weighted by Gasteiger charge is 2.25. The standard InChI is InChI=1S/C23H26N4O/c28-23-19-11-4-5-13-21(19)27(22-20(26-23)12-8-15-25-22)16-7-6-14-24-17-18-9-2-1-3-10-18/h4-5,8,11-13,15,18,24H,1-3,9-10,14,16-17H2,(H,26,28). The number of anilines is 3. The summed E-state index contributed by atoms with van der Waals surface area (Å²) in [5.74, 6) is 7.90. The van der Waals surface area contributed by atoms with Gasteiger partial charge in [0.1, 0.15) is 0 Å². The monoisotopic (exact) mass is 374 g/mol. The van der Waals surface area contributed by atoms with Crippen molar-refractivity contribution >= 4 is 23.1 Å². The molecule has 2 aliphatic rings. The van der Waals surface area contributed by atoms with Crippen molar-refractivity contribution < 1.29 is 4.79 Å². The number of carbonyl (C=O) groups is 1. The van der Waals surface area contributed by atoms with Crippen LogP contribution in [0.1, 0.15) is 42.5 Å². The quantitative estimate of drug-likeness (QED) is 0.628. The van der Waals surface area contributed by atoms with Crippen LogP contribution in [0.2, 0.25) is 0 Å². The Morgan fingerprint density at radius 2 is 1.96 bits per heavy atom. The van der Waals surface area contributed by atoms with E-state index in [4.69, 9.17) is 0 Å². The van der Waals surface area contributed by atoms with Gasteiger partial charge < -0.3 is 15.5 Å². The first kappa shape index (κ1) is 18.5. The number of aromatic nitrogens is 1. The molecular formula is C23H26N4O. The van der Waals surface area contributed by atoms with Gasteiger partial charge in [0.05, 0.1) is 30.0 Å². The zero-order valence-corrected chi connectivity index (χ0v) is 16.1. The van der Waals surface area contributed by atoms with Crippen molar-refractivity contribution in [1.29, 1.82) is 0 Å². The van der Waals surface area contributed by atoms with Gasteiger partial charge in [0.25, 0.3) is 5.91 Å². The molecule has 0 spiro atoms. The second kappa shape index (κ2) is 8.90. The molecule has 0 bridgehead atoms. The van der Waals surface area contributed by atoms with Gasteiger partial charge in [0.2, 0.25) is 0 Å². The molecule has 1 aliphatic heterocycles. The molecule has 5 heteroatoms. The number of rotatable bonds is 4. The third-order valence-corrected chi connectivity index (χ3v) is 5.46. The van der Waals surface area contributed by atoms with E-state index >= 15 is 0 Å². The number of amides is 1. The minimum Gasteiger partial charge on any atom is -0.319 e. The molecule has 2 aromatic rings. The summed E-state index contributed by atoms with van der Waals surface area (Å²) in [7, 11) is 0. The fourth-order valence-electron chi connectivity index (χ4n) is 4.00. The van der Waals surface area contributed by atoms with Gasteiger partial charge in [-0.25, -0.2) is 4.98 Å². The minimum atomic E-state index is -0.116. The average molecular weight is 374 g/mol. The zero-order valence-electron chi connectivity index (χ0n) is 16.1. The van der Waals surface area contributed by atoms with E-state index in [2.05, 4.69) is 27.5 Å². The number of hydrogen-bond donors (Lipinski definition) is 2. The van der Waals surface area contributed by atoms with E-state index in [1.165, 1.54) is 32.1 Å². The van der Waals surface area contributed by atoms with E-state index < -0.39 is 0 Å². The first-order chi connectivity index (χ1) is 13.8. The van der Waals surface area contributed by atoms with Crippen LogP contribution in [-0.2, 0) is 0 Å². The smallest absolute Gasteiger partial charge is 0.257 e. The maximum Gasteiger partial charge on any atom is 0.257 e. The molecule has 1 aliphatic carbocycles. The van der Waals surface area contributed by atoms with E-state index in [-0.39, 0.29) is 5.91 Å². The van der Waals surface area contributed by atoms with Gasteiger partial charge in [-0.05, 0) is 49.6 Å². The van der Waals surface area contributed by atoms with Crippen molar-refractivity contribution in [2.75, 3.05) is 29.9 Å². The Balaban J connectivity index is 1.45. The summed E-state index contributed by atoms with van der Waals surface area (Å²) in [6.45, 7) is 2.24. The van der Waals surface area contributed by atoms with Crippen molar-refractivity contribution in [2.24, 2.45) is 5.92 Å². The summed E-state index contributed by atoms with van der Waals surface area (Å²) in [6, 6.07) is 11.3. The summed E-state index contributed by atoms with van der Waals surface area (Å²) in [6.07, 6.45) is 8.55. The Morgan fingerprint density at radius 3 is 2.86 bits per heavy atom. The molecule has 0 radical (unpaired) electrons. The lowest BCUT2D eigenvalue weighted by molar-refractivity contribution is 0.102. The van der Waals surface area contributed by atoms with Gasteiger partial charge in [0, 0.05) is 6.20 Å². The van der Waals surface area contributed by atoms with E-state index in [0.29, 0.717) is 24.3 Å². The molecule has 144 valence electrons. The fourth-order valence-corrected chi connectivity index (χ4v) is 4.00. The van der Waals surface area contributed by atoms with E-state index in [9.17, 15) is 4.79 Å².